The topological polar surface area (TPSA) is 134 Å². The number of hydrogen-bond acceptors (Lipinski definition) is 8. The summed E-state index contributed by atoms with van der Waals surface area (Å²) in [5, 5.41) is 7.89. The fourth-order valence-corrected chi connectivity index (χ4v) is 4.79. The van der Waals surface area contributed by atoms with Gasteiger partial charge in [0.15, 0.2) is 11.4 Å². The summed E-state index contributed by atoms with van der Waals surface area (Å²) in [5.74, 6) is -0.479. The van der Waals surface area contributed by atoms with Crippen molar-refractivity contribution < 1.29 is 31.2 Å². The number of nitrogens with two attached hydrogens (primary N) is 1. The number of methoxy groups -OCH3 is 1. The summed E-state index contributed by atoms with van der Waals surface area (Å²) in [6.45, 7) is -0.778. The third kappa shape index (κ3) is 5.20. The molecule has 3 N–H and O–H groups in total. The van der Waals surface area contributed by atoms with Gasteiger partial charge in [-0.05, 0) is 41.8 Å². The van der Waals surface area contributed by atoms with Gasteiger partial charge >= 0.3 is 6.61 Å². The maximum absolute atomic E-state index is 13.2. The van der Waals surface area contributed by atoms with E-state index >= 15 is 0 Å². The zero-order valence-electron chi connectivity index (χ0n) is 18.9. The molecule has 2 heterocycles. The van der Waals surface area contributed by atoms with Crippen molar-refractivity contribution in [1.82, 2.24) is 14.9 Å². The van der Waals surface area contributed by atoms with Gasteiger partial charge in [-0.3, -0.25) is 9.40 Å². The van der Waals surface area contributed by atoms with E-state index < -0.39 is 16.6 Å². The SMILES string of the molecule is CCc1ccc(OC)c(S(=O)(=O)Nc2noc3cc(Cn4cc(CN)cn4)cc(OC(F)F)c23)c1. The normalized spacial score (nSPS) is 11.8. The molecular formula is C22H23F2N5O5S. The fourth-order valence-electron chi connectivity index (χ4n) is 3.56. The largest absolute Gasteiger partial charge is 0.495 e. The van der Waals surface area contributed by atoms with Gasteiger partial charge in [-0.15, -0.1) is 0 Å². The van der Waals surface area contributed by atoms with Crippen molar-refractivity contribution in [3.63, 3.8) is 0 Å². The first-order valence-corrected chi connectivity index (χ1v) is 12.0. The van der Waals surface area contributed by atoms with Gasteiger partial charge in [0, 0.05) is 18.3 Å². The fraction of sp³-hybridized carbons (Fsp3) is 0.273. The highest BCUT2D eigenvalue weighted by molar-refractivity contribution is 7.92. The van der Waals surface area contributed by atoms with E-state index in [1.807, 2.05) is 6.92 Å². The van der Waals surface area contributed by atoms with Gasteiger partial charge in [0.25, 0.3) is 10.0 Å². The number of alkyl halides is 2. The van der Waals surface area contributed by atoms with Crippen LogP contribution in [0.3, 0.4) is 0 Å². The third-order valence-electron chi connectivity index (χ3n) is 5.24. The number of aryl methyl sites for hydroxylation is 1. The molecule has 0 aliphatic heterocycles. The van der Waals surface area contributed by atoms with E-state index in [4.69, 9.17) is 19.7 Å². The van der Waals surface area contributed by atoms with Crippen LogP contribution in [0.1, 0.15) is 23.6 Å². The van der Waals surface area contributed by atoms with Gasteiger partial charge in [-0.2, -0.15) is 13.9 Å². The Morgan fingerprint density at radius 3 is 2.63 bits per heavy atom. The van der Waals surface area contributed by atoms with Gasteiger partial charge < -0.3 is 19.7 Å². The van der Waals surface area contributed by atoms with E-state index in [1.54, 1.807) is 29.2 Å². The van der Waals surface area contributed by atoms with Crippen LogP contribution in [0.25, 0.3) is 11.0 Å². The number of nitrogens with one attached hydrogen (secondary N) is 1. The molecule has 10 nitrogen and oxygen atoms in total. The number of nitrogens with zero attached hydrogens (tertiary/aromatic N) is 3. The minimum absolute atomic E-state index is 0.0497. The van der Waals surface area contributed by atoms with Crippen LogP contribution in [0.2, 0.25) is 0 Å². The second-order valence-electron chi connectivity index (χ2n) is 7.57. The molecule has 186 valence electrons. The summed E-state index contributed by atoms with van der Waals surface area (Å²) in [6, 6.07) is 7.65. The molecule has 0 amide bonds. The predicted octanol–water partition coefficient (Wildman–Crippen LogP) is 3.50. The molecule has 13 heteroatoms. The number of aromatic nitrogens is 3. The lowest BCUT2D eigenvalue weighted by molar-refractivity contribution is -0.0488. The molecule has 2 aromatic carbocycles. The monoisotopic (exact) mass is 507 g/mol. The molecule has 4 aromatic rings. The molecule has 0 fully saturated rings. The summed E-state index contributed by atoms with van der Waals surface area (Å²) in [7, 11) is -2.88. The molecule has 0 spiro atoms. The predicted molar refractivity (Wildman–Crippen MR) is 123 cm³/mol. The standard InChI is InChI=1S/C22H23F2N5O5S/c1-3-13-4-5-16(32-2)19(8-13)35(30,31)28-21-20-17(33-22(23)24)6-14(7-18(20)34-27-21)11-29-12-15(9-25)10-26-29/h4-8,10,12,22H,3,9,11,25H2,1-2H3,(H,27,28). The lowest BCUT2D eigenvalue weighted by atomic mass is 10.1. The van der Waals surface area contributed by atoms with Crippen LogP contribution in [-0.2, 0) is 29.5 Å². The third-order valence-corrected chi connectivity index (χ3v) is 6.60. The highest BCUT2D eigenvalue weighted by atomic mass is 32.2. The van der Waals surface area contributed by atoms with Gasteiger partial charge in [-0.1, -0.05) is 18.1 Å². The Kier molecular flexibility index (Phi) is 6.89. The van der Waals surface area contributed by atoms with E-state index in [0.29, 0.717) is 18.5 Å². The lowest BCUT2D eigenvalue weighted by Crippen LogP contribution is -2.15. The molecule has 4 rings (SSSR count). The summed E-state index contributed by atoms with van der Waals surface area (Å²) < 4.78 is 71.8. The Bertz CT molecular complexity index is 1450. The molecule has 0 saturated heterocycles. The van der Waals surface area contributed by atoms with Crippen molar-refractivity contribution in [3.05, 3.63) is 59.4 Å². The first-order chi connectivity index (χ1) is 16.7. The van der Waals surface area contributed by atoms with E-state index in [9.17, 15) is 17.2 Å². The van der Waals surface area contributed by atoms with E-state index in [0.717, 1.165) is 11.1 Å². The quantitative estimate of drug-likeness (QED) is 0.333. The molecular weight excluding hydrogens is 484 g/mol. The maximum atomic E-state index is 13.2. The molecule has 0 atom stereocenters. The van der Waals surface area contributed by atoms with Crippen LogP contribution in [0, 0.1) is 0 Å². The number of rotatable bonds is 10. The maximum Gasteiger partial charge on any atom is 0.387 e. The number of benzene rings is 2. The summed E-state index contributed by atoms with van der Waals surface area (Å²) >= 11 is 0. The second kappa shape index (κ2) is 9.88. The van der Waals surface area contributed by atoms with Gasteiger partial charge in [-0.25, -0.2) is 8.42 Å². The molecule has 0 aliphatic carbocycles. The number of anilines is 1. The average molecular weight is 508 g/mol. The number of halogens is 2. The number of sulfonamides is 1. The molecule has 0 bridgehead atoms. The van der Waals surface area contributed by atoms with E-state index in [1.165, 1.54) is 25.3 Å². The Balaban J connectivity index is 1.74. The molecule has 0 radical (unpaired) electrons. The Morgan fingerprint density at radius 2 is 1.97 bits per heavy atom. The van der Waals surface area contributed by atoms with Gasteiger partial charge in [0.05, 0.1) is 19.9 Å². The number of ether oxygens (including phenoxy) is 2. The molecule has 35 heavy (non-hydrogen) atoms. The minimum atomic E-state index is -4.22. The first-order valence-electron chi connectivity index (χ1n) is 10.5. The van der Waals surface area contributed by atoms with Crippen molar-refractivity contribution >= 4 is 26.8 Å². The van der Waals surface area contributed by atoms with Crippen molar-refractivity contribution in [3.8, 4) is 11.5 Å². The number of hydrogen-bond donors (Lipinski definition) is 2. The van der Waals surface area contributed by atoms with Gasteiger partial charge in [0.1, 0.15) is 21.8 Å². The van der Waals surface area contributed by atoms with Crippen LogP contribution in [0.15, 0.2) is 52.1 Å². The lowest BCUT2D eigenvalue weighted by Gasteiger charge is -2.13. The van der Waals surface area contributed by atoms with Crippen molar-refractivity contribution in [2.75, 3.05) is 11.8 Å². The van der Waals surface area contributed by atoms with Crippen LogP contribution in [-0.4, -0.2) is 37.1 Å². The summed E-state index contributed by atoms with van der Waals surface area (Å²) in [6.07, 6.45) is 3.91. The van der Waals surface area contributed by atoms with Crippen LogP contribution < -0.4 is 19.9 Å². The Labute approximate surface area is 199 Å². The average Bonchev–Trinajstić information content (AvgIpc) is 3.44. The van der Waals surface area contributed by atoms with Crippen molar-refractivity contribution in [1.29, 1.82) is 0 Å². The molecule has 0 unspecified atom stereocenters. The highest BCUT2D eigenvalue weighted by Gasteiger charge is 2.26. The Hall–Kier alpha value is -3.71. The summed E-state index contributed by atoms with van der Waals surface area (Å²) in [4.78, 5) is -0.127. The minimum Gasteiger partial charge on any atom is -0.495 e. The van der Waals surface area contributed by atoms with Crippen LogP contribution >= 0.6 is 0 Å². The van der Waals surface area contributed by atoms with Gasteiger partial charge in [0.2, 0.25) is 0 Å². The number of fused-ring (bicyclic) bond motifs is 1. The molecule has 0 saturated carbocycles. The van der Waals surface area contributed by atoms with Crippen LogP contribution in [0.4, 0.5) is 14.6 Å². The highest BCUT2D eigenvalue weighted by Crippen LogP contribution is 2.37. The van der Waals surface area contributed by atoms with Crippen LogP contribution in [0.5, 0.6) is 11.5 Å². The summed E-state index contributed by atoms with van der Waals surface area (Å²) in [5.41, 5.74) is 7.73. The van der Waals surface area contributed by atoms with E-state index in [-0.39, 0.29) is 39.7 Å². The Morgan fingerprint density at radius 1 is 1.17 bits per heavy atom. The zero-order valence-corrected chi connectivity index (χ0v) is 19.7. The van der Waals surface area contributed by atoms with E-state index in [2.05, 4.69) is 15.0 Å². The first kappa shape index (κ1) is 24.4. The van der Waals surface area contributed by atoms with Crippen molar-refractivity contribution in [2.24, 2.45) is 5.73 Å². The smallest absolute Gasteiger partial charge is 0.387 e. The second-order valence-corrected chi connectivity index (χ2v) is 9.22. The zero-order chi connectivity index (χ0) is 25.2. The molecule has 0 aliphatic rings. The van der Waals surface area contributed by atoms with Crippen molar-refractivity contribution in [2.45, 2.75) is 37.9 Å². The molecule has 2 aromatic heterocycles.